The zero-order valence-electron chi connectivity index (χ0n) is 15.9. The van der Waals surface area contributed by atoms with Crippen molar-refractivity contribution in [1.82, 2.24) is 4.90 Å². The second-order valence-corrected chi connectivity index (χ2v) is 7.04. The molecule has 1 atom stereocenters. The summed E-state index contributed by atoms with van der Waals surface area (Å²) in [6.45, 7) is 6.36. The molecule has 144 valence electrons. The van der Waals surface area contributed by atoms with Crippen molar-refractivity contribution in [2.75, 3.05) is 26.3 Å². The Morgan fingerprint density at radius 2 is 1.59 bits per heavy atom. The van der Waals surface area contributed by atoms with Gasteiger partial charge in [-0.25, -0.2) is 4.39 Å². The van der Waals surface area contributed by atoms with Crippen molar-refractivity contribution in [3.05, 3.63) is 65.5 Å². The smallest absolute Gasteiger partial charge is 0.223 e. The zero-order valence-corrected chi connectivity index (χ0v) is 15.9. The van der Waals surface area contributed by atoms with Gasteiger partial charge in [0.2, 0.25) is 5.91 Å². The lowest BCUT2D eigenvalue weighted by Crippen LogP contribution is -2.41. The van der Waals surface area contributed by atoms with Gasteiger partial charge >= 0.3 is 0 Å². The molecule has 0 saturated carbocycles. The van der Waals surface area contributed by atoms with E-state index in [1.165, 1.54) is 12.1 Å². The molecule has 2 aromatic rings. The summed E-state index contributed by atoms with van der Waals surface area (Å²) in [6, 6.07) is 14.2. The van der Waals surface area contributed by atoms with Gasteiger partial charge in [-0.05, 0) is 49.2 Å². The van der Waals surface area contributed by atoms with Crippen molar-refractivity contribution in [1.29, 1.82) is 0 Å². The average molecular weight is 371 g/mol. The first kappa shape index (κ1) is 19.4. The molecule has 0 N–H and O–H groups in total. The van der Waals surface area contributed by atoms with Gasteiger partial charge in [-0.2, -0.15) is 0 Å². The van der Waals surface area contributed by atoms with Crippen LogP contribution in [-0.2, 0) is 9.53 Å². The third kappa shape index (κ3) is 5.30. The third-order valence-electron chi connectivity index (χ3n) is 4.67. The van der Waals surface area contributed by atoms with Gasteiger partial charge < -0.3 is 14.4 Å². The molecule has 1 aliphatic rings. The number of hydrogen-bond acceptors (Lipinski definition) is 3. The summed E-state index contributed by atoms with van der Waals surface area (Å²) in [5.74, 6) is 0.480. The quantitative estimate of drug-likeness (QED) is 0.771. The first-order valence-corrected chi connectivity index (χ1v) is 9.40. The lowest BCUT2D eigenvalue weighted by atomic mass is 9.88. The van der Waals surface area contributed by atoms with Crippen molar-refractivity contribution >= 4 is 5.91 Å². The fourth-order valence-corrected chi connectivity index (χ4v) is 3.29. The van der Waals surface area contributed by atoms with Gasteiger partial charge in [0.25, 0.3) is 0 Å². The molecule has 0 radical (unpaired) electrons. The highest BCUT2D eigenvalue weighted by molar-refractivity contribution is 5.78. The second-order valence-electron chi connectivity index (χ2n) is 7.04. The van der Waals surface area contributed by atoms with Crippen LogP contribution in [0.2, 0.25) is 0 Å². The fourth-order valence-electron chi connectivity index (χ4n) is 3.29. The van der Waals surface area contributed by atoms with Gasteiger partial charge in [0.1, 0.15) is 11.6 Å². The molecule has 1 aliphatic heterocycles. The number of carbonyl (C=O) groups is 1. The van der Waals surface area contributed by atoms with Crippen LogP contribution in [0, 0.1) is 5.82 Å². The summed E-state index contributed by atoms with van der Waals surface area (Å²) < 4.78 is 24.4. The minimum absolute atomic E-state index is 0.0927. The lowest BCUT2D eigenvalue weighted by Gasteiger charge is -2.29. The molecular formula is C22H26FNO3. The lowest BCUT2D eigenvalue weighted by molar-refractivity contribution is -0.135. The number of nitrogens with zero attached hydrogens (tertiary/aromatic N) is 1. The number of ether oxygens (including phenoxy) is 2. The minimum Gasteiger partial charge on any atom is -0.491 e. The third-order valence-corrected chi connectivity index (χ3v) is 4.67. The summed E-state index contributed by atoms with van der Waals surface area (Å²) in [6.07, 6.45) is 0.447. The van der Waals surface area contributed by atoms with Crippen LogP contribution < -0.4 is 4.74 Å². The highest BCUT2D eigenvalue weighted by Crippen LogP contribution is 2.30. The molecule has 0 spiro atoms. The molecule has 1 saturated heterocycles. The maximum absolute atomic E-state index is 13.4. The number of rotatable bonds is 6. The normalized spacial score (nSPS) is 15.6. The molecule has 1 heterocycles. The van der Waals surface area contributed by atoms with E-state index in [4.69, 9.17) is 9.47 Å². The Morgan fingerprint density at radius 3 is 2.15 bits per heavy atom. The van der Waals surface area contributed by atoms with Gasteiger partial charge in [-0.3, -0.25) is 4.79 Å². The molecule has 4 nitrogen and oxygen atoms in total. The molecular weight excluding hydrogens is 345 g/mol. The van der Waals surface area contributed by atoms with E-state index in [-0.39, 0.29) is 23.7 Å². The average Bonchev–Trinajstić information content (AvgIpc) is 2.68. The van der Waals surface area contributed by atoms with E-state index in [0.29, 0.717) is 32.7 Å². The van der Waals surface area contributed by atoms with Gasteiger partial charge in [-0.1, -0.05) is 24.3 Å². The SMILES string of the molecule is CC(C)Oc1ccc([C@H](CC(=O)N2CCOCC2)c2ccc(F)cc2)cc1. The van der Waals surface area contributed by atoms with Crippen molar-refractivity contribution in [2.45, 2.75) is 32.3 Å². The summed E-state index contributed by atoms with van der Waals surface area (Å²) in [5.41, 5.74) is 1.94. The Morgan fingerprint density at radius 1 is 1.04 bits per heavy atom. The minimum atomic E-state index is -0.280. The largest absolute Gasteiger partial charge is 0.491 e. The molecule has 1 fully saturated rings. The van der Waals surface area contributed by atoms with Crippen LogP contribution in [0.25, 0.3) is 0 Å². The van der Waals surface area contributed by atoms with Gasteiger partial charge in [0.15, 0.2) is 0 Å². The van der Waals surface area contributed by atoms with E-state index in [1.54, 1.807) is 12.1 Å². The molecule has 0 bridgehead atoms. The standard InChI is InChI=1S/C22H26FNO3/c1-16(2)27-20-9-5-18(6-10-20)21(17-3-7-19(23)8-4-17)15-22(25)24-11-13-26-14-12-24/h3-10,16,21H,11-15H2,1-2H3/t21-/m1/s1. The zero-order chi connectivity index (χ0) is 19.2. The number of carbonyl (C=O) groups excluding carboxylic acids is 1. The summed E-state index contributed by atoms with van der Waals surface area (Å²) >= 11 is 0. The first-order chi connectivity index (χ1) is 13.0. The maximum Gasteiger partial charge on any atom is 0.223 e. The summed E-state index contributed by atoms with van der Waals surface area (Å²) in [4.78, 5) is 14.6. The van der Waals surface area contributed by atoms with E-state index in [2.05, 4.69) is 0 Å². The molecule has 0 unspecified atom stereocenters. The number of halogens is 1. The van der Waals surface area contributed by atoms with E-state index < -0.39 is 0 Å². The van der Waals surface area contributed by atoms with Crippen LogP contribution in [0.15, 0.2) is 48.5 Å². The Balaban J connectivity index is 1.83. The monoisotopic (exact) mass is 371 g/mol. The van der Waals surface area contributed by atoms with E-state index >= 15 is 0 Å². The van der Waals surface area contributed by atoms with Gasteiger partial charge in [-0.15, -0.1) is 0 Å². The first-order valence-electron chi connectivity index (χ1n) is 9.40. The molecule has 27 heavy (non-hydrogen) atoms. The molecule has 0 aromatic heterocycles. The van der Waals surface area contributed by atoms with Gasteiger partial charge in [0.05, 0.1) is 19.3 Å². The van der Waals surface area contributed by atoms with Gasteiger partial charge in [0, 0.05) is 25.4 Å². The van der Waals surface area contributed by atoms with Crippen LogP contribution in [0.3, 0.4) is 0 Å². The Hall–Kier alpha value is -2.40. The predicted molar refractivity (Wildman–Crippen MR) is 102 cm³/mol. The Labute approximate surface area is 159 Å². The van der Waals surface area contributed by atoms with E-state index in [1.807, 2.05) is 43.0 Å². The topological polar surface area (TPSA) is 38.8 Å². The van der Waals surface area contributed by atoms with Crippen LogP contribution in [0.5, 0.6) is 5.75 Å². The van der Waals surface area contributed by atoms with Crippen molar-refractivity contribution in [2.24, 2.45) is 0 Å². The molecule has 3 rings (SSSR count). The van der Waals surface area contributed by atoms with E-state index in [9.17, 15) is 9.18 Å². The van der Waals surface area contributed by atoms with Crippen molar-refractivity contribution in [3.63, 3.8) is 0 Å². The molecule has 2 aromatic carbocycles. The van der Waals surface area contributed by atoms with Crippen LogP contribution >= 0.6 is 0 Å². The molecule has 1 amide bonds. The predicted octanol–water partition coefficient (Wildman–Crippen LogP) is 3.99. The summed E-state index contributed by atoms with van der Waals surface area (Å²) in [5, 5.41) is 0. The van der Waals surface area contributed by atoms with Crippen molar-refractivity contribution in [3.8, 4) is 5.75 Å². The molecule has 0 aliphatic carbocycles. The highest BCUT2D eigenvalue weighted by atomic mass is 19.1. The number of benzene rings is 2. The van der Waals surface area contributed by atoms with Crippen LogP contribution in [-0.4, -0.2) is 43.2 Å². The molecule has 5 heteroatoms. The Bertz CT molecular complexity index is 737. The fraction of sp³-hybridized carbons (Fsp3) is 0.409. The van der Waals surface area contributed by atoms with Crippen LogP contribution in [0.1, 0.15) is 37.3 Å². The number of morpholine rings is 1. The van der Waals surface area contributed by atoms with E-state index in [0.717, 1.165) is 16.9 Å². The summed E-state index contributed by atoms with van der Waals surface area (Å²) in [7, 11) is 0. The van der Waals surface area contributed by atoms with Crippen molar-refractivity contribution < 1.29 is 18.7 Å². The Kier molecular flexibility index (Phi) is 6.45. The highest BCUT2D eigenvalue weighted by Gasteiger charge is 2.23. The maximum atomic E-state index is 13.4. The second kappa shape index (κ2) is 9.00. The van der Waals surface area contributed by atoms with Crippen LogP contribution in [0.4, 0.5) is 4.39 Å². The number of hydrogen-bond donors (Lipinski definition) is 0. The number of amides is 1.